The van der Waals surface area contributed by atoms with Crippen LogP contribution in [0.3, 0.4) is 0 Å². The van der Waals surface area contributed by atoms with Crippen LogP contribution in [0.1, 0.15) is 19.3 Å². The summed E-state index contributed by atoms with van der Waals surface area (Å²) in [4.78, 5) is 15.3. The molecule has 0 aromatic rings. The number of carboxylic acids is 1. The highest BCUT2D eigenvalue weighted by atomic mass is 16.5. The van der Waals surface area contributed by atoms with Gasteiger partial charge < -0.3 is 9.84 Å². The summed E-state index contributed by atoms with van der Waals surface area (Å²) in [6, 6.07) is 0.467. The van der Waals surface area contributed by atoms with Crippen LogP contribution in [0.15, 0.2) is 0 Å². The first kappa shape index (κ1) is 12.8. The predicted octanol–water partition coefficient (Wildman–Crippen LogP) is 0.258. The van der Waals surface area contributed by atoms with Crippen molar-refractivity contribution in [3.05, 3.63) is 0 Å². The first-order valence-electron chi connectivity index (χ1n) is 6.51. The Labute approximate surface area is 102 Å². The number of ether oxygens (including phenoxy) is 1. The van der Waals surface area contributed by atoms with Crippen LogP contribution in [0.2, 0.25) is 0 Å². The lowest BCUT2D eigenvalue weighted by Crippen LogP contribution is -2.40. The second-order valence-corrected chi connectivity index (χ2v) is 4.90. The largest absolute Gasteiger partial charge is 0.480 e. The number of hydrogen-bond acceptors (Lipinski definition) is 4. The van der Waals surface area contributed by atoms with Gasteiger partial charge in [0.1, 0.15) is 0 Å². The highest BCUT2D eigenvalue weighted by molar-refractivity contribution is 5.69. The zero-order chi connectivity index (χ0) is 12.1. The quantitative estimate of drug-likeness (QED) is 0.749. The molecule has 98 valence electrons. The van der Waals surface area contributed by atoms with Gasteiger partial charge in [0.2, 0.25) is 0 Å². The summed E-state index contributed by atoms with van der Waals surface area (Å²) in [7, 11) is 0. The molecule has 1 atom stereocenters. The molecule has 5 nitrogen and oxygen atoms in total. The Bertz CT molecular complexity index is 254. The molecule has 0 aromatic carbocycles. The summed E-state index contributed by atoms with van der Waals surface area (Å²) >= 11 is 0. The lowest BCUT2D eigenvalue weighted by molar-refractivity contribution is -0.138. The summed E-state index contributed by atoms with van der Waals surface area (Å²) in [6.45, 7) is 5.93. The van der Waals surface area contributed by atoms with Crippen molar-refractivity contribution in [2.75, 3.05) is 45.9 Å². The minimum Gasteiger partial charge on any atom is -0.480 e. The molecule has 0 bridgehead atoms. The summed E-state index contributed by atoms with van der Waals surface area (Å²) in [5.74, 6) is -0.705. The molecular weight excluding hydrogens is 220 g/mol. The number of aliphatic carboxylic acids is 1. The molecule has 2 fully saturated rings. The van der Waals surface area contributed by atoms with Gasteiger partial charge in [0, 0.05) is 19.1 Å². The maximum Gasteiger partial charge on any atom is 0.317 e. The van der Waals surface area contributed by atoms with Gasteiger partial charge in [0.25, 0.3) is 0 Å². The Balaban J connectivity index is 1.71. The van der Waals surface area contributed by atoms with E-state index in [1.54, 1.807) is 0 Å². The monoisotopic (exact) mass is 242 g/mol. The van der Waals surface area contributed by atoms with E-state index in [-0.39, 0.29) is 6.54 Å². The van der Waals surface area contributed by atoms with Gasteiger partial charge in [-0.3, -0.25) is 14.6 Å². The number of nitrogens with zero attached hydrogens (tertiary/aromatic N) is 2. The lowest BCUT2D eigenvalue weighted by atomic mass is 10.1. The molecule has 0 saturated carbocycles. The van der Waals surface area contributed by atoms with Gasteiger partial charge in [-0.25, -0.2) is 0 Å². The van der Waals surface area contributed by atoms with E-state index in [2.05, 4.69) is 9.80 Å². The Morgan fingerprint density at radius 2 is 2.06 bits per heavy atom. The molecule has 5 heteroatoms. The van der Waals surface area contributed by atoms with Crippen molar-refractivity contribution in [3.8, 4) is 0 Å². The normalized spacial score (nSPS) is 27.4. The van der Waals surface area contributed by atoms with Crippen LogP contribution in [-0.2, 0) is 9.53 Å². The highest BCUT2D eigenvalue weighted by Crippen LogP contribution is 2.20. The van der Waals surface area contributed by atoms with E-state index >= 15 is 0 Å². The van der Waals surface area contributed by atoms with Crippen molar-refractivity contribution in [1.82, 2.24) is 9.80 Å². The van der Waals surface area contributed by atoms with E-state index < -0.39 is 5.97 Å². The fourth-order valence-electron chi connectivity index (χ4n) is 2.76. The molecule has 0 amide bonds. The van der Waals surface area contributed by atoms with Gasteiger partial charge in [-0.2, -0.15) is 0 Å². The number of rotatable bonds is 5. The second-order valence-electron chi connectivity index (χ2n) is 4.90. The van der Waals surface area contributed by atoms with Gasteiger partial charge in [0.15, 0.2) is 0 Å². The third kappa shape index (κ3) is 3.94. The fourth-order valence-corrected chi connectivity index (χ4v) is 2.76. The summed E-state index contributed by atoms with van der Waals surface area (Å²) in [5, 5.41) is 8.84. The number of likely N-dealkylation sites (tertiary alicyclic amines) is 1. The zero-order valence-electron chi connectivity index (χ0n) is 10.3. The van der Waals surface area contributed by atoms with Crippen LogP contribution in [-0.4, -0.2) is 72.9 Å². The van der Waals surface area contributed by atoms with Crippen molar-refractivity contribution >= 4 is 5.97 Å². The summed E-state index contributed by atoms with van der Waals surface area (Å²) < 4.78 is 5.32. The average molecular weight is 242 g/mol. The molecule has 1 unspecified atom stereocenters. The molecule has 0 radical (unpaired) electrons. The van der Waals surface area contributed by atoms with Crippen molar-refractivity contribution in [1.29, 1.82) is 0 Å². The fraction of sp³-hybridized carbons (Fsp3) is 0.917. The Morgan fingerprint density at radius 1 is 1.29 bits per heavy atom. The topological polar surface area (TPSA) is 53.0 Å². The van der Waals surface area contributed by atoms with Crippen LogP contribution >= 0.6 is 0 Å². The van der Waals surface area contributed by atoms with Gasteiger partial charge in [-0.05, 0) is 32.4 Å². The van der Waals surface area contributed by atoms with E-state index in [1.165, 1.54) is 0 Å². The second kappa shape index (κ2) is 6.33. The van der Waals surface area contributed by atoms with Crippen LogP contribution < -0.4 is 0 Å². The number of carbonyl (C=O) groups is 1. The Morgan fingerprint density at radius 3 is 2.76 bits per heavy atom. The molecule has 17 heavy (non-hydrogen) atoms. The maximum absolute atomic E-state index is 10.7. The van der Waals surface area contributed by atoms with Crippen LogP contribution in [0.5, 0.6) is 0 Å². The van der Waals surface area contributed by atoms with E-state index in [0.29, 0.717) is 6.04 Å². The van der Waals surface area contributed by atoms with Gasteiger partial charge in [-0.15, -0.1) is 0 Å². The highest BCUT2D eigenvalue weighted by Gasteiger charge is 2.26. The number of hydrogen-bond donors (Lipinski definition) is 1. The number of morpholine rings is 1. The summed E-state index contributed by atoms with van der Waals surface area (Å²) in [6.07, 6.45) is 3.38. The molecule has 2 heterocycles. The van der Waals surface area contributed by atoms with E-state index in [0.717, 1.165) is 58.7 Å². The first-order chi connectivity index (χ1) is 8.25. The third-order valence-corrected chi connectivity index (χ3v) is 3.72. The molecule has 2 saturated heterocycles. The lowest BCUT2D eigenvalue weighted by Gasteiger charge is -2.29. The predicted molar refractivity (Wildman–Crippen MR) is 64.1 cm³/mol. The van der Waals surface area contributed by atoms with Gasteiger partial charge in [0.05, 0.1) is 19.8 Å². The van der Waals surface area contributed by atoms with Crippen LogP contribution in [0, 0.1) is 0 Å². The van der Waals surface area contributed by atoms with Crippen molar-refractivity contribution in [2.45, 2.75) is 25.3 Å². The zero-order valence-corrected chi connectivity index (χ0v) is 10.3. The minimum absolute atomic E-state index is 0.202. The third-order valence-electron chi connectivity index (χ3n) is 3.72. The molecular formula is C12H22N2O3. The average Bonchev–Trinajstić information content (AvgIpc) is 2.74. The Hall–Kier alpha value is -0.650. The SMILES string of the molecule is O=C(O)CN1CCCC1CCN1CCOCC1. The Kier molecular flexibility index (Phi) is 4.76. The molecule has 0 aliphatic carbocycles. The van der Waals surface area contributed by atoms with Crippen LogP contribution in [0.25, 0.3) is 0 Å². The molecule has 0 aromatic heterocycles. The minimum atomic E-state index is -0.705. The molecule has 2 aliphatic heterocycles. The van der Waals surface area contributed by atoms with E-state index in [1.807, 2.05) is 0 Å². The molecule has 1 N–H and O–H groups in total. The first-order valence-corrected chi connectivity index (χ1v) is 6.51. The molecule has 0 spiro atoms. The van der Waals surface area contributed by atoms with Crippen molar-refractivity contribution in [2.24, 2.45) is 0 Å². The standard InChI is InChI=1S/C12H22N2O3/c15-12(16)10-14-4-1-2-11(14)3-5-13-6-8-17-9-7-13/h11H,1-10H2,(H,15,16). The maximum atomic E-state index is 10.7. The summed E-state index contributed by atoms with van der Waals surface area (Å²) in [5.41, 5.74) is 0. The van der Waals surface area contributed by atoms with Crippen LogP contribution in [0.4, 0.5) is 0 Å². The van der Waals surface area contributed by atoms with Crippen molar-refractivity contribution < 1.29 is 14.6 Å². The van der Waals surface area contributed by atoms with Gasteiger partial charge >= 0.3 is 5.97 Å². The van der Waals surface area contributed by atoms with E-state index in [4.69, 9.17) is 9.84 Å². The van der Waals surface area contributed by atoms with Gasteiger partial charge in [-0.1, -0.05) is 0 Å². The number of carboxylic acid groups (broad SMARTS) is 1. The molecule has 2 rings (SSSR count). The smallest absolute Gasteiger partial charge is 0.317 e. The van der Waals surface area contributed by atoms with Crippen molar-refractivity contribution in [3.63, 3.8) is 0 Å². The van der Waals surface area contributed by atoms with E-state index in [9.17, 15) is 4.79 Å². The molecule has 2 aliphatic rings.